The average molecular weight is 884 g/mol. The van der Waals surface area contributed by atoms with Crippen molar-refractivity contribution in [3.8, 4) is 0 Å². The maximum absolute atomic E-state index is 11.5. The Morgan fingerprint density at radius 2 is 0.836 bits per heavy atom. The zero-order chi connectivity index (χ0) is 47.0. The van der Waals surface area contributed by atoms with Crippen molar-refractivity contribution in [1.82, 2.24) is 5.32 Å². The maximum Gasteiger partial charge on any atom is 0.335 e. The van der Waals surface area contributed by atoms with E-state index in [0.717, 1.165) is 0 Å². The van der Waals surface area contributed by atoms with Gasteiger partial charge in [-0.2, -0.15) is 0 Å². The molecule has 3 aliphatic rings. The van der Waals surface area contributed by atoms with E-state index in [1.54, 1.807) is 13.8 Å². The fourth-order valence-electron chi connectivity index (χ4n) is 6.26. The van der Waals surface area contributed by atoms with E-state index < -0.39 is 139 Å². The second kappa shape index (κ2) is 25.1. The van der Waals surface area contributed by atoms with Crippen molar-refractivity contribution in [2.45, 2.75) is 168 Å². The summed E-state index contributed by atoms with van der Waals surface area (Å²) in [6.45, 7) is 14.0. The Hall–Kier alpha value is -5.01. The van der Waals surface area contributed by atoms with Crippen molar-refractivity contribution in [3.63, 3.8) is 0 Å². The van der Waals surface area contributed by atoms with Crippen molar-refractivity contribution < 1.29 is 111 Å². The first-order valence-electron chi connectivity index (χ1n) is 18.8. The van der Waals surface area contributed by atoms with E-state index in [1.807, 2.05) is 0 Å². The molecule has 348 valence electrons. The highest BCUT2D eigenvalue weighted by Gasteiger charge is 2.51. The van der Waals surface area contributed by atoms with Gasteiger partial charge in [-0.25, -0.2) is 4.79 Å². The van der Waals surface area contributed by atoms with E-state index in [9.17, 15) is 58.5 Å². The number of carboxylic acids is 1. The van der Waals surface area contributed by atoms with Gasteiger partial charge in [0.25, 0.3) is 0 Å². The Bertz CT molecular complexity index is 1460. The summed E-state index contributed by atoms with van der Waals surface area (Å²) in [7, 11) is 0. The Kier molecular flexibility index (Phi) is 22.2. The molecule has 0 spiro atoms. The van der Waals surface area contributed by atoms with E-state index in [-0.39, 0.29) is 19.1 Å². The van der Waals surface area contributed by atoms with Gasteiger partial charge in [0.15, 0.2) is 36.6 Å². The molecule has 12 unspecified atom stereocenters. The van der Waals surface area contributed by atoms with Crippen LogP contribution in [0.5, 0.6) is 0 Å². The number of aliphatic hydroxyl groups is 3. The standard InChI is InChI=1S/C15H23NO8.C15H22O9.C7H12O6/c1-7-13(16-8(2)17)15(24-11(5)20)14(23-10(4)19)12(22-7)6-21-9(3)18;1-7-13(22-9(3)17)15(24-11(5)19)14(23-10(4)18)12(21-7)6-20-8(2)16;1-2-3(8)4(9)5(10)6(13-2)7(11)12/h7,12-15H,6H2,1-5H3,(H,16,17);7,12-15H,6H2,1-5H3;2-6,8-10H,1H3,(H,11,12)/t2*7-,12?,13?,14?,15?;2-,3?,4?,5?,6?/m000/s1. The third-order valence-corrected chi connectivity index (χ3v) is 8.68. The molecule has 3 heterocycles. The lowest BCUT2D eigenvalue weighted by atomic mass is 9.92. The Morgan fingerprint density at radius 3 is 1.23 bits per heavy atom. The molecule has 0 radical (unpaired) electrons. The maximum atomic E-state index is 11.5. The highest BCUT2D eigenvalue weighted by Crippen LogP contribution is 2.30. The average Bonchev–Trinajstić information content (AvgIpc) is 3.12. The molecule has 1 amide bonds. The molecule has 3 rings (SSSR count). The van der Waals surface area contributed by atoms with Crippen molar-refractivity contribution in [1.29, 1.82) is 0 Å². The van der Waals surface area contributed by atoms with Crippen LogP contribution in [0.15, 0.2) is 0 Å². The molecule has 24 heteroatoms. The van der Waals surface area contributed by atoms with E-state index in [0.29, 0.717) is 0 Å². The second-order valence-corrected chi connectivity index (χ2v) is 14.0. The Labute approximate surface area is 350 Å². The van der Waals surface area contributed by atoms with Gasteiger partial charge in [0.2, 0.25) is 5.91 Å². The number of carboxylic acid groups (broad SMARTS) is 1. The molecule has 3 aliphatic heterocycles. The Morgan fingerprint density at radius 1 is 0.459 bits per heavy atom. The van der Waals surface area contributed by atoms with Crippen molar-refractivity contribution in [3.05, 3.63) is 0 Å². The fraction of sp³-hybridized carbons (Fsp3) is 0.757. The summed E-state index contributed by atoms with van der Waals surface area (Å²) >= 11 is 0. The summed E-state index contributed by atoms with van der Waals surface area (Å²) in [5.41, 5.74) is 0. The monoisotopic (exact) mass is 883 g/mol. The smallest absolute Gasteiger partial charge is 0.335 e. The molecule has 0 aromatic rings. The number of hydrogen-bond acceptors (Lipinski definition) is 22. The molecule has 3 fully saturated rings. The molecule has 3 saturated heterocycles. The molecular weight excluding hydrogens is 826 g/mol. The van der Waals surface area contributed by atoms with Crippen LogP contribution in [0.1, 0.15) is 76.2 Å². The minimum atomic E-state index is -1.59. The van der Waals surface area contributed by atoms with Crippen LogP contribution in [-0.4, -0.2) is 179 Å². The first-order valence-corrected chi connectivity index (χ1v) is 18.8. The van der Waals surface area contributed by atoms with E-state index in [1.165, 1.54) is 62.3 Å². The van der Waals surface area contributed by atoms with Gasteiger partial charge in [-0.3, -0.25) is 38.4 Å². The number of carbonyl (C=O) groups excluding carboxylic acids is 8. The minimum absolute atomic E-state index is 0.178. The lowest BCUT2D eigenvalue weighted by Crippen LogP contribution is -2.65. The van der Waals surface area contributed by atoms with Gasteiger partial charge < -0.3 is 73.1 Å². The lowest BCUT2D eigenvalue weighted by Gasteiger charge is -2.44. The van der Waals surface area contributed by atoms with Crippen LogP contribution in [-0.2, 0) is 90.5 Å². The largest absolute Gasteiger partial charge is 0.479 e. The van der Waals surface area contributed by atoms with Gasteiger partial charge in [-0.15, -0.1) is 0 Å². The molecule has 0 saturated carbocycles. The minimum Gasteiger partial charge on any atom is -0.479 e. The van der Waals surface area contributed by atoms with Gasteiger partial charge in [-0.1, -0.05) is 0 Å². The van der Waals surface area contributed by atoms with E-state index in [4.69, 9.17) is 52.5 Å². The van der Waals surface area contributed by atoms with Crippen LogP contribution in [0.2, 0.25) is 0 Å². The van der Waals surface area contributed by atoms with E-state index >= 15 is 0 Å². The first kappa shape index (κ1) is 54.0. The van der Waals surface area contributed by atoms with Crippen molar-refractivity contribution >= 4 is 53.7 Å². The van der Waals surface area contributed by atoms with Crippen molar-refractivity contribution in [2.24, 2.45) is 0 Å². The molecule has 5 N–H and O–H groups in total. The SMILES string of the molecule is CC(=O)NC1C(OC(C)=O)C(OC(C)=O)C(COC(C)=O)O[C@H]1C.CC(=O)OCC1O[C@@H](C)C(OC(C)=O)C(OC(C)=O)C1OC(C)=O.C[C@@H]1OC(C(=O)O)C(O)C(O)C1O. The number of rotatable bonds is 11. The van der Waals surface area contributed by atoms with Gasteiger partial charge >= 0.3 is 47.8 Å². The lowest BCUT2D eigenvalue weighted by molar-refractivity contribution is -0.249. The van der Waals surface area contributed by atoms with Crippen LogP contribution in [0.3, 0.4) is 0 Å². The number of hydrogen-bond donors (Lipinski definition) is 5. The zero-order valence-electron chi connectivity index (χ0n) is 35.6. The topological polar surface area (TPSA) is 339 Å². The molecular formula is C37H57NO23. The summed E-state index contributed by atoms with van der Waals surface area (Å²) in [6.07, 6.45) is -14.7. The molecule has 0 aromatic carbocycles. The molecule has 15 atom stereocenters. The summed E-state index contributed by atoms with van der Waals surface area (Å²) in [5.74, 6) is -5.90. The first-order chi connectivity index (χ1) is 28.2. The van der Waals surface area contributed by atoms with Crippen LogP contribution < -0.4 is 5.32 Å². The molecule has 0 aliphatic carbocycles. The molecule has 0 aromatic heterocycles. The van der Waals surface area contributed by atoms with E-state index in [2.05, 4.69) is 5.32 Å². The summed E-state index contributed by atoms with van der Waals surface area (Å²) in [5, 5.41) is 38.7. The number of nitrogens with one attached hydrogen (secondary N) is 1. The highest BCUT2D eigenvalue weighted by atomic mass is 16.7. The Balaban J connectivity index is 0.000000478. The van der Waals surface area contributed by atoms with Gasteiger partial charge in [-0.05, 0) is 20.8 Å². The second-order valence-electron chi connectivity index (χ2n) is 14.0. The molecule has 61 heavy (non-hydrogen) atoms. The summed E-state index contributed by atoms with van der Waals surface area (Å²) in [6, 6.07) is -0.718. The number of esters is 7. The number of carbonyl (C=O) groups is 9. The number of ether oxygens (including phenoxy) is 10. The fourth-order valence-corrected chi connectivity index (χ4v) is 6.26. The summed E-state index contributed by atoms with van der Waals surface area (Å²) < 4.78 is 52.0. The predicted octanol–water partition coefficient (Wildman–Crippen LogP) is -2.22. The van der Waals surface area contributed by atoms with Gasteiger partial charge in [0.05, 0.1) is 24.4 Å². The molecule has 0 bridgehead atoms. The number of aliphatic carboxylic acids is 1. The highest BCUT2D eigenvalue weighted by molar-refractivity contribution is 5.74. The summed E-state index contributed by atoms with van der Waals surface area (Å²) in [4.78, 5) is 101. The normalized spacial score (nSPS) is 32.9. The van der Waals surface area contributed by atoms with Crippen LogP contribution in [0.25, 0.3) is 0 Å². The number of aliphatic hydroxyl groups excluding tert-OH is 3. The number of amides is 1. The van der Waals surface area contributed by atoms with Crippen LogP contribution in [0.4, 0.5) is 0 Å². The quantitative estimate of drug-likeness (QED) is 0.108. The van der Waals surface area contributed by atoms with Gasteiger partial charge in [0.1, 0.15) is 43.7 Å². The predicted molar refractivity (Wildman–Crippen MR) is 197 cm³/mol. The molecule has 24 nitrogen and oxygen atoms in total. The zero-order valence-corrected chi connectivity index (χ0v) is 35.6. The van der Waals surface area contributed by atoms with Crippen LogP contribution in [0, 0.1) is 0 Å². The third kappa shape index (κ3) is 17.9. The van der Waals surface area contributed by atoms with Gasteiger partial charge in [0, 0.05) is 55.4 Å². The third-order valence-electron chi connectivity index (χ3n) is 8.68. The van der Waals surface area contributed by atoms with Crippen LogP contribution >= 0.6 is 0 Å². The van der Waals surface area contributed by atoms with Crippen molar-refractivity contribution in [2.75, 3.05) is 13.2 Å².